The van der Waals surface area contributed by atoms with Gasteiger partial charge in [-0.3, -0.25) is 9.59 Å². The van der Waals surface area contributed by atoms with Crippen LogP contribution in [-0.2, 0) is 66.4 Å². The van der Waals surface area contributed by atoms with Crippen LogP contribution in [0.15, 0.2) is 11.6 Å². The Hall–Kier alpha value is -2.04. The number of aliphatic hydroxyl groups excluding tert-OH is 12. The Morgan fingerprint density at radius 2 is 1.20 bits per heavy atom. The summed E-state index contributed by atoms with van der Waals surface area (Å²) in [5.74, 6) is -0.209. The Balaban J connectivity index is 0.875. The zero-order valence-electron chi connectivity index (χ0n) is 50.0. The van der Waals surface area contributed by atoms with E-state index in [0.717, 1.165) is 25.7 Å². The summed E-state index contributed by atoms with van der Waals surface area (Å²) in [6.07, 6.45) is -30.7. The Morgan fingerprint density at radius 1 is 0.624 bits per heavy atom. The van der Waals surface area contributed by atoms with Gasteiger partial charge < -0.3 is 118 Å². The van der Waals surface area contributed by atoms with Crippen LogP contribution in [0.5, 0.6) is 0 Å². The van der Waals surface area contributed by atoms with Crippen LogP contribution in [0.3, 0.4) is 0 Å². The molecule has 0 aromatic rings. The molecule has 6 heterocycles. The van der Waals surface area contributed by atoms with Crippen molar-refractivity contribution >= 4 is 11.8 Å². The molecule has 9 fully saturated rings. The Morgan fingerprint density at radius 3 is 1.84 bits per heavy atom. The molecule has 0 aromatic carbocycles. The summed E-state index contributed by atoms with van der Waals surface area (Å²) >= 11 is 0. The maximum Gasteiger partial charge on any atom is 0.314 e. The fraction of sp³-hybridized carbons (Fsp3) is 0.932. The van der Waals surface area contributed by atoms with Crippen molar-refractivity contribution in [3.05, 3.63) is 11.6 Å². The maximum atomic E-state index is 14.5. The van der Waals surface area contributed by atoms with Crippen LogP contribution in [0.4, 0.5) is 0 Å². The summed E-state index contributed by atoms with van der Waals surface area (Å²) in [5, 5.41) is 132. The number of carbonyl (C=O) groups is 2. The maximum absolute atomic E-state index is 14.5. The molecule has 3 saturated carbocycles. The Bertz CT molecular complexity index is 2380. The van der Waals surface area contributed by atoms with E-state index in [-0.39, 0.29) is 35.6 Å². The van der Waals surface area contributed by atoms with E-state index in [0.29, 0.717) is 38.0 Å². The lowest BCUT2D eigenvalue weighted by molar-refractivity contribution is -0.403. The van der Waals surface area contributed by atoms with Gasteiger partial charge in [-0.25, -0.2) is 0 Å². The lowest BCUT2D eigenvalue weighted by Gasteiger charge is -2.63. The van der Waals surface area contributed by atoms with Gasteiger partial charge in [0.15, 0.2) is 31.5 Å². The van der Waals surface area contributed by atoms with Crippen LogP contribution in [-0.4, -0.2) is 260 Å². The lowest BCUT2D eigenvalue weighted by atomic mass is 9.41. The van der Waals surface area contributed by atoms with E-state index in [1.54, 1.807) is 0 Å². The topological polar surface area (TPSA) is 388 Å². The van der Waals surface area contributed by atoms with Gasteiger partial charge in [0.1, 0.15) is 115 Å². The van der Waals surface area contributed by atoms with Gasteiger partial charge in [0.2, 0.25) is 0 Å². The molecule has 6 saturated heterocycles. The predicted molar refractivity (Wildman–Crippen MR) is 287 cm³/mol. The van der Waals surface area contributed by atoms with Gasteiger partial charge in [-0.15, -0.1) is 0 Å². The highest BCUT2D eigenvalue weighted by molar-refractivity contribution is 5.99. The summed E-state index contributed by atoms with van der Waals surface area (Å²) in [6.45, 7) is 13.9. The van der Waals surface area contributed by atoms with Crippen molar-refractivity contribution in [2.45, 2.75) is 266 Å². The molecule has 4 aliphatic carbocycles. The highest BCUT2D eigenvalue weighted by atomic mass is 16.8. The van der Waals surface area contributed by atoms with Gasteiger partial charge >= 0.3 is 5.97 Å². The van der Waals surface area contributed by atoms with Crippen molar-refractivity contribution in [3.8, 4) is 0 Å². The first-order valence-electron chi connectivity index (χ1n) is 30.5. The highest BCUT2D eigenvalue weighted by Gasteiger charge is 2.79. The molecular weight excluding hydrogens is 1120 g/mol. The van der Waals surface area contributed by atoms with Crippen molar-refractivity contribution < 1.29 is 128 Å². The fourth-order valence-electron chi connectivity index (χ4n) is 17.1. The third-order valence-electron chi connectivity index (χ3n) is 21.8. The molecule has 1 spiro atoms. The van der Waals surface area contributed by atoms with Crippen LogP contribution in [0.25, 0.3) is 0 Å². The first kappa shape index (κ1) is 65.9. The molecule has 0 radical (unpaired) electrons. The molecule has 26 heteroatoms. The average Bonchev–Trinajstić information content (AvgIpc) is 1.54. The molecule has 10 rings (SSSR count). The number of fused-ring (bicyclic) bond motifs is 4. The molecule has 10 aliphatic rings. The minimum absolute atomic E-state index is 0.0255. The Kier molecular flexibility index (Phi) is 19.3. The number of aliphatic hydroxyl groups is 12. The number of Topliss-reactive ketones (excluding diaryl/α,β-unsaturated/α-hetero) is 1. The minimum atomic E-state index is -2.00. The van der Waals surface area contributed by atoms with E-state index >= 15 is 0 Å². The van der Waals surface area contributed by atoms with Crippen LogP contribution in [0.1, 0.15) is 113 Å². The number of esters is 1. The smallest absolute Gasteiger partial charge is 0.314 e. The predicted octanol–water partition coefficient (Wildman–Crippen LogP) is -1.67. The zero-order chi connectivity index (χ0) is 61.8. The monoisotopic (exact) mass is 1220 g/mol. The van der Waals surface area contributed by atoms with E-state index in [9.17, 15) is 70.9 Å². The van der Waals surface area contributed by atoms with Gasteiger partial charge in [-0.05, 0) is 92.8 Å². The van der Waals surface area contributed by atoms with Crippen molar-refractivity contribution in [1.82, 2.24) is 0 Å². The summed E-state index contributed by atoms with van der Waals surface area (Å²) in [6, 6.07) is 0. The first-order chi connectivity index (χ1) is 40.0. The standard InChI is InChI=1S/C59H94O26/c1-24(2)11-10-16-58(8)48-28(62)19-57(7)27-12-13-33-55(4,5)34(15-17-56(33,6)26(27)14-18-59(48,57)54(73)85-58)80-52-46(36(66)30(64)23-76-52)84-53-47(83-49-39(69)35(65)29(63)22-75-49)40(70)43(25(3)77-53)81-51-42(72)45(38(68)32(21-61)79-51)82-50-41(71)44(74-9)37(67)31(20-60)78-50/h14,24-25,27,29-53,60-61,63-72H,10-13,15-23H2,1-9H3/t25?,27?,29?,30?,31?,32?,33?,34-,35?,36?,37?,38?,39?,40?,41?,42?,43?,44?,45?,46?,47?,48+,49?,50?,51?,52?,53?,56+,57-,58-,59+/m0/s1. The fourth-order valence-corrected chi connectivity index (χ4v) is 17.1. The molecular formula is C59H94O26. The van der Waals surface area contributed by atoms with Crippen molar-refractivity contribution in [2.75, 3.05) is 33.5 Å². The quantitative estimate of drug-likeness (QED) is 0.0440. The van der Waals surface area contributed by atoms with Crippen LogP contribution < -0.4 is 0 Å². The number of carbonyl (C=O) groups excluding carboxylic acids is 2. The lowest BCUT2D eigenvalue weighted by Crippen LogP contribution is -2.68. The summed E-state index contributed by atoms with van der Waals surface area (Å²) in [5.41, 5.74) is -2.15. The van der Waals surface area contributed by atoms with Crippen molar-refractivity contribution in [1.29, 1.82) is 0 Å². The molecule has 25 unspecified atom stereocenters. The number of ether oxygens (including phenoxy) is 12. The second-order valence-corrected chi connectivity index (χ2v) is 27.6. The molecule has 0 aromatic heterocycles. The second-order valence-electron chi connectivity index (χ2n) is 27.6. The molecule has 0 amide bonds. The number of hydrogen-bond acceptors (Lipinski definition) is 26. The largest absolute Gasteiger partial charge is 0.458 e. The highest BCUT2D eigenvalue weighted by Crippen LogP contribution is 2.75. The number of rotatable bonds is 17. The molecule has 26 nitrogen and oxygen atoms in total. The van der Waals surface area contributed by atoms with Gasteiger partial charge in [-0.1, -0.05) is 59.6 Å². The van der Waals surface area contributed by atoms with E-state index in [1.807, 2.05) is 6.92 Å². The van der Waals surface area contributed by atoms with Crippen molar-refractivity contribution in [3.63, 3.8) is 0 Å². The van der Waals surface area contributed by atoms with Crippen molar-refractivity contribution in [2.24, 2.45) is 45.3 Å². The Labute approximate surface area is 494 Å². The van der Waals surface area contributed by atoms with Gasteiger partial charge in [-0.2, -0.15) is 0 Å². The van der Waals surface area contributed by atoms with E-state index < -0.39 is 195 Å². The normalized spacial score (nSPS) is 52.4. The van der Waals surface area contributed by atoms with E-state index in [4.69, 9.17) is 56.8 Å². The summed E-state index contributed by atoms with van der Waals surface area (Å²) < 4.78 is 72.8. The average molecular weight is 1220 g/mol. The number of hydrogen-bond donors (Lipinski definition) is 12. The molecule has 12 N–H and O–H groups in total. The first-order valence-corrected chi connectivity index (χ1v) is 30.5. The zero-order valence-corrected chi connectivity index (χ0v) is 50.0. The van der Waals surface area contributed by atoms with Crippen LogP contribution in [0.2, 0.25) is 0 Å². The van der Waals surface area contributed by atoms with Crippen LogP contribution in [0, 0.1) is 45.3 Å². The third kappa shape index (κ3) is 11.1. The summed E-state index contributed by atoms with van der Waals surface area (Å²) in [7, 11) is 1.19. The molecule has 0 bridgehead atoms. The molecule has 6 aliphatic heterocycles. The van der Waals surface area contributed by atoms with Crippen LogP contribution >= 0.6 is 0 Å². The third-order valence-corrected chi connectivity index (χ3v) is 21.8. The second kappa shape index (κ2) is 24.9. The molecule has 31 atom stereocenters. The number of allylic oxidation sites excluding steroid dienone is 2. The number of methoxy groups -OCH3 is 1. The van der Waals surface area contributed by atoms with Gasteiger partial charge in [0.25, 0.3) is 0 Å². The molecule has 486 valence electrons. The minimum Gasteiger partial charge on any atom is -0.458 e. The van der Waals surface area contributed by atoms with Gasteiger partial charge in [0, 0.05) is 13.5 Å². The number of ketones is 1. The summed E-state index contributed by atoms with van der Waals surface area (Å²) in [4.78, 5) is 28.9. The SMILES string of the molecule is COC1C(O)C(CO)OC(OC2C(O)C(CO)OC(OC3C(C)OC(OC4C(O[C@H]5CC[C@]6(C)C7=CC[C@]89C(=O)O[C@@](C)(CCCC(C)C)[C@H]8C(=O)C[C@@]9(C)C7CCC6C5(C)C)OCC(O)C4O)C(OC4OCC(O)C(O)C4O)C3O)C2O)C1O. The van der Waals surface area contributed by atoms with Gasteiger partial charge in [0.05, 0.1) is 50.0 Å². The van der Waals surface area contributed by atoms with E-state index in [1.165, 1.54) is 19.6 Å². The number of cyclic esters (lactones) is 1. The van der Waals surface area contributed by atoms with E-state index in [2.05, 4.69) is 47.6 Å². The molecule has 85 heavy (non-hydrogen) atoms.